The summed E-state index contributed by atoms with van der Waals surface area (Å²) >= 11 is 0. The molecule has 2 rings (SSSR count). The topological polar surface area (TPSA) is 64.2 Å². The van der Waals surface area contributed by atoms with Crippen molar-refractivity contribution in [1.29, 1.82) is 0 Å². The molecule has 0 saturated carbocycles. The Kier molecular flexibility index (Phi) is 4.29. The minimum atomic E-state index is -2.60. The Morgan fingerprint density at radius 1 is 1.45 bits per heavy atom. The highest BCUT2D eigenvalue weighted by Gasteiger charge is 2.23. The van der Waals surface area contributed by atoms with Crippen LogP contribution in [-0.4, -0.2) is 46.6 Å². The fraction of sp³-hybridized carbons (Fsp3) is 0.385. The molecule has 2 aromatic rings. The number of carbonyl (C=O) groups excluding carboxylic acids is 1. The van der Waals surface area contributed by atoms with E-state index in [1.54, 1.807) is 23.9 Å². The standard InChI is InChI=1S/C13H16F2N4O/c1-18-10-5-3-2-4-9(10)12(17-18)13(20)19(7-6-16)8-11(14)15/h2-5,11H,6-8,16H2,1H3. The molecule has 7 heteroatoms. The molecule has 1 aromatic heterocycles. The van der Waals surface area contributed by atoms with Crippen LogP contribution in [0.2, 0.25) is 0 Å². The van der Waals surface area contributed by atoms with E-state index in [0.717, 1.165) is 10.4 Å². The predicted octanol–water partition coefficient (Wildman–Crippen LogP) is 1.24. The summed E-state index contributed by atoms with van der Waals surface area (Å²) in [7, 11) is 1.71. The Morgan fingerprint density at radius 3 is 2.80 bits per heavy atom. The molecule has 20 heavy (non-hydrogen) atoms. The number of hydrogen-bond donors (Lipinski definition) is 1. The van der Waals surface area contributed by atoms with Gasteiger partial charge in [-0.25, -0.2) is 8.78 Å². The number of alkyl halides is 2. The van der Waals surface area contributed by atoms with E-state index in [9.17, 15) is 13.6 Å². The van der Waals surface area contributed by atoms with E-state index in [-0.39, 0.29) is 18.8 Å². The number of amides is 1. The van der Waals surface area contributed by atoms with E-state index in [4.69, 9.17) is 5.73 Å². The Balaban J connectivity index is 2.38. The van der Waals surface area contributed by atoms with Crippen LogP contribution in [-0.2, 0) is 7.05 Å². The number of benzene rings is 1. The Hall–Kier alpha value is -2.02. The summed E-state index contributed by atoms with van der Waals surface area (Å²) in [5, 5.41) is 4.79. The molecule has 5 nitrogen and oxygen atoms in total. The molecule has 108 valence electrons. The zero-order chi connectivity index (χ0) is 14.7. The normalized spacial score (nSPS) is 11.2. The monoisotopic (exact) mass is 282 g/mol. The number of nitrogens with zero attached hydrogens (tertiary/aromatic N) is 3. The maximum Gasteiger partial charge on any atom is 0.275 e. The van der Waals surface area contributed by atoms with Gasteiger partial charge in [0.15, 0.2) is 5.69 Å². The molecule has 0 bridgehead atoms. The van der Waals surface area contributed by atoms with Gasteiger partial charge in [-0.15, -0.1) is 0 Å². The zero-order valence-electron chi connectivity index (χ0n) is 11.1. The summed E-state index contributed by atoms with van der Waals surface area (Å²) in [6, 6.07) is 7.17. The number of para-hydroxylation sites is 1. The lowest BCUT2D eigenvalue weighted by atomic mass is 10.2. The highest BCUT2D eigenvalue weighted by atomic mass is 19.3. The predicted molar refractivity (Wildman–Crippen MR) is 71.7 cm³/mol. The zero-order valence-corrected chi connectivity index (χ0v) is 11.1. The van der Waals surface area contributed by atoms with E-state index < -0.39 is 18.9 Å². The number of fused-ring (bicyclic) bond motifs is 1. The summed E-state index contributed by atoms with van der Waals surface area (Å²) in [6.45, 7) is -0.432. The summed E-state index contributed by atoms with van der Waals surface area (Å²) in [5.41, 5.74) is 6.33. The highest BCUT2D eigenvalue weighted by Crippen LogP contribution is 2.19. The number of rotatable bonds is 5. The lowest BCUT2D eigenvalue weighted by Gasteiger charge is -2.20. The number of halogens is 2. The van der Waals surface area contributed by atoms with E-state index in [1.807, 2.05) is 12.1 Å². The first-order chi connectivity index (χ1) is 9.54. The van der Waals surface area contributed by atoms with Crippen molar-refractivity contribution in [2.24, 2.45) is 12.8 Å². The van der Waals surface area contributed by atoms with Crippen LogP contribution in [0.3, 0.4) is 0 Å². The summed E-state index contributed by atoms with van der Waals surface area (Å²) in [4.78, 5) is 13.4. The third-order valence-electron chi connectivity index (χ3n) is 3.01. The quantitative estimate of drug-likeness (QED) is 0.897. The van der Waals surface area contributed by atoms with Gasteiger partial charge in [-0.3, -0.25) is 9.48 Å². The first-order valence-corrected chi connectivity index (χ1v) is 6.23. The second-order valence-corrected chi connectivity index (χ2v) is 4.42. The molecule has 1 heterocycles. The van der Waals surface area contributed by atoms with Crippen molar-refractivity contribution in [2.45, 2.75) is 6.43 Å². The first kappa shape index (κ1) is 14.4. The Labute approximate surface area is 115 Å². The van der Waals surface area contributed by atoms with Crippen molar-refractivity contribution in [3.63, 3.8) is 0 Å². The van der Waals surface area contributed by atoms with Gasteiger partial charge < -0.3 is 10.6 Å². The van der Waals surface area contributed by atoms with Crippen LogP contribution in [0.5, 0.6) is 0 Å². The molecular weight excluding hydrogens is 266 g/mol. The van der Waals surface area contributed by atoms with E-state index in [2.05, 4.69) is 5.10 Å². The molecule has 1 amide bonds. The molecule has 1 aromatic carbocycles. The van der Waals surface area contributed by atoms with Crippen LogP contribution in [0.25, 0.3) is 10.9 Å². The molecule has 0 saturated heterocycles. The van der Waals surface area contributed by atoms with Crippen LogP contribution in [0.1, 0.15) is 10.5 Å². The van der Waals surface area contributed by atoms with Crippen LogP contribution in [0.15, 0.2) is 24.3 Å². The van der Waals surface area contributed by atoms with Crippen molar-refractivity contribution in [3.8, 4) is 0 Å². The SMILES string of the molecule is Cn1nc(C(=O)N(CCN)CC(F)F)c2ccccc21. The second-order valence-electron chi connectivity index (χ2n) is 4.42. The number of aromatic nitrogens is 2. The van der Waals surface area contributed by atoms with Gasteiger partial charge in [0.05, 0.1) is 12.1 Å². The molecule has 0 radical (unpaired) electrons. The Morgan fingerprint density at radius 2 is 2.15 bits per heavy atom. The highest BCUT2D eigenvalue weighted by molar-refractivity contribution is 6.04. The summed E-state index contributed by atoms with van der Waals surface area (Å²) in [5.74, 6) is -0.521. The molecule has 0 atom stereocenters. The van der Waals surface area contributed by atoms with Crippen LogP contribution < -0.4 is 5.73 Å². The fourth-order valence-corrected chi connectivity index (χ4v) is 2.12. The Bertz CT molecular complexity index is 611. The first-order valence-electron chi connectivity index (χ1n) is 6.23. The van der Waals surface area contributed by atoms with E-state index in [0.29, 0.717) is 5.39 Å². The van der Waals surface area contributed by atoms with Crippen LogP contribution >= 0.6 is 0 Å². The van der Waals surface area contributed by atoms with Gasteiger partial charge in [0.25, 0.3) is 12.3 Å². The van der Waals surface area contributed by atoms with Crippen molar-refractivity contribution >= 4 is 16.8 Å². The van der Waals surface area contributed by atoms with Gasteiger partial charge in [0, 0.05) is 25.5 Å². The smallest absolute Gasteiger partial charge is 0.275 e. The van der Waals surface area contributed by atoms with Gasteiger partial charge >= 0.3 is 0 Å². The number of nitrogens with two attached hydrogens (primary N) is 1. The summed E-state index contributed by atoms with van der Waals surface area (Å²) in [6.07, 6.45) is -2.60. The molecule has 2 N–H and O–H groups in total. The molecule has 0 spiro atoms. The average molecular weight is 282 g/mol. The van der Waals surface area contributed by atoms with Crippen molar-refractivity contribution < 1.29 is 13.6 Å². The number of carbonyl (C=O) groups is 1. The molecule has 0 aliphatic carbocycles. The third-order valence-corrected chi connectivity index (χ3v) is 3.01. The average Bonchev–Trinajstić information content (AvgIpc) is 2.75. The third kappa shape index (κ3) is 2.77. The van der Waals surface area contributed by atoms with E-state index in [1.165, 1.54) is 0 Å². The van der Waals surface area contributed by atoms with Gasteiger partial charge in [0.2, 0.25) is 0 Å². The van der Waals surface area contributed by atoms with Gasteiger partial charge in [-0.05, 0) is 6.07 Å². The molecule has 0 aliphatic rings. The minimum Gasteiger partial charge on any atom is -0.330 e. The summed E-state index contributed by atoms with van der Waals surface area (Å²) < 4.78 is 26.6. The van der Waals surface area contributed by atoms with Crippen LogP contribution in [0, 0.1) is 0 Å². The minimum absolute atomic E-state index is 0.0775. The lowest BCUT2D eigenvalue weighted by Crippen LogP contribution is -2.39. The molecule has 0 unspecified atom stereocenters. The number of hydrogen-bond acceptors (Lipinski definition) is 3. The van der Waals surface area contributed by atoms with Gasteiger partial charge in [0.1, 0.15) is 0 Å². The maximum absolute atomic E-state index is 12.5. The largest absolute Gasteiger partial charge is 0.330 e. The van der Waals surface area contributed by atoms with Gasteiger partial charge in [-0.2, -0.15) is 5.10 Å². The van der Waals surface area contributed by atoms with Crippen molar-refractivity contribution in [3.05, 3.63) is 30.0 Å². The molecule has 0 aliphatic heterocycles. The molecular formula is C13H16F2N4O. The maximum atomic E-state index is 12.5. The van der Waals surface area contributed by atoms with E-state index >= 15 is 0 Å². The van der Waals surface area contributed by atoms with Crippen LogP contribution in [0.4, 0.5) is 8.78 Å². The molecule has 0 fully saturated rings. The number of aryl methyl sites for hydroxylation is 1. The fourth-order valence-electron chi connectivity index (χ4n) is 2.12. The second kappa shape index (κ2) is 5.96. The van der Waals surface area contributed by atoms with Crippen molar-refractivity contribution in [1.82, 2.24) is 14.7 Å². The lowest BCUT2D eigenvalue weighted by molar-refractivity contribution is 0.0559. The van der Waals surface area contributed by atoms with Gasteiger partial charge in [-0.1, -0.05) is 18.2 Å². The van der Waals surface area contributed by atoms with Crippen molar-refractivity contribution in [2.75, 3.05) is 19.6 Å².